The number of fused-ring (bicyclic) bond motifs is 2. The van der Waals surface area contributed by atoms with Gasteiger partial charge in [-0.05, 0) is 48.3 Å². The van der Waals surface area contributed by atoms with Crippen LogP contribution in [0, 0.1) is 6.92 Å². The van der Waals surface area contributed by atoms with Crippen LogP contribution in [-0.4, -0.2) is 22.5 Å². The minimum Gasteiger partial charge on any atom is -0.507 e. The van der Waals surface area contributed by atoms with Gasteiger partial charge in [0.2, 0.25) is 0 Å². The fraction of sp³-hybridized carbons (Fsp3) is 0.179. The number of aliphatic hydroxyl groups is 1. The van der Waals surface area contributed by atoms with Crippen LogP contribution in [-0.2, 0) is 5.41 Å². The van der Waals surface area contributed by atoms with Crippen LogP contribution in [0.3, 0.4) is 0 Å². The highest BCUT2D eigenvalue weighted by molar-refractivity contribution is 6.39. The molecule has 4 nitrogen and oxygen atoms in total. The molecule has 4 rings (SSSR count). The summed E-state index contributed by atoms with van der Waals surface area (Å²) in [5.74, 6) is -0.826. The first kappa shape index (κ1) is 21.4. The number of carbonyl (C=O) groups is 3. The zero-order valence-corrected chi connectivity index (χ0v) is 18.5. The summed E-state index contributed by atoms with van der Waals surface area (Å²) in [6.07, 6.45) is 7.85. The van der Waals surface area contributed by atoms with Crippen LogP contribution in [0.4, 0.5) is 0 Å². The zero-order chi connectivity index (χ0) is 23.2. The molecule has 0 heterocycles. The highest BCUT2D eigenvalue weighted by Crippen LogP contribution is 2.33. The van der Waals surface area contributed by atoms with Crippen molar-refractivity contribution in [3.63, 3.8) is 0 Å². The summed E-state index contributed by atoms with van der Waals surface area (Å²) < 4.78 is 0. The van der Waals surface area contributed by atoms with E-state index in [1.54, 1.807) is 42.5 Å². The second-order valence-corrected chi connectivity index (χ2v) is 9.13. The first-order valence-corrected chi connectivity index (χ1v) is 10.5. The molecular weight excluding hydrogens is 400 g/mol. The summed E-state index contributed by atoms with van der Waals surface area (Å²) in [5, 5.41) is 10.4. The Kier molecular flexibility index (Phi) is 5.17. The third-order valence-electron chi connectivity index (χ3n) is 5.79. The van der Waals surface area contributed by atoms with Gasteiger partial charge in [0.15, 0.2) is 17.3 Å². The lowest BCUT2D eigenvalue weighted by atomic mass is 9.85. The molecule has 0 amide bonds. The number of hydrogen-bond donors (Lipinski definition) is 1. The van der Waals surface area contributed by atoms with Crippen molar-refractivity contribution in [1.29, 1.82) is 0 Å². The summed E-state index contributed by atoms with van der Waals surface area (Å²) in [7, 11) is 0. The fourth-order valence-corrected chi connectivity index (χ4v) is 3.91. The fourth-order valence-electron chi connectivity index (χ4n) is 3.91. The number of aryl methyl sites for hydroxylation is 1. The van der Waals surface area contributed by atoms with E-state index < -0.39 is 0 Å². The van der Waals surface area contributed by atoms with Crippen LogP contribution in [0.1, 0.15) is 68.5 Å². The number of aliphatic hydroxyl groups excluding tert-OH is 1. The average Bonchev–Trinajstić information content (AvgIpc) is 3.12. The van der Waals surface area contributed by atoms with Gasteiger partial charge in [0, 0.05) is 22.3 Å². The topological polar surface area (TPSA) is 71.4 Å². The van der Waals surface area contributed by atoms with Crippen molar-refractivity contribution in [3.05, 3.63) is 111 Å². The molecule has 2 aromatic rings. The van der Waals surface area contributed by atoms with Crippen molar-refractivity contribution in [2.24, 2.45) is 0 Å². The van der Waals surface area contributed by atoms with Gasteiger partial charge >= 0.3 is 0 Å². The van der Waals surface area contributed by atoms with E-state index in [1.165, 1.54) is 12.2 Å². The largest absolute Gasteiger partial charge is 0.507 e. The van der Waals surface area contributed by atoms with Crippen LogP contribution < -0.4 is 0 Å². The maximum Gasteiger partial charge on any atom is 0.197 e. The number of Topliss-reactive ketones (excluding diaryl/α,β-unsaturated/α-hetero) is 3. The van der Waals surface area contributed by atoms with Gasteiger partial charge in [-0.2, -0.15) is 0 Å². The molecule has 1 N–H and O–H groups in total. The Morgan fingerprint density at radius 1 is 0.750 bits per heavy atom. The Balaban J connectivity index is 1.53. The molecule has 160 valence electrons. The summed E-state index contributed by atoms with van der Waals surface area (Å²) in [6, 6.07) is 10.8. The SMILES string of the molecule is Cc1ccc2c(c1)C(O)=C(C=CC=CC=C1C(=O)c3ccc(C(C)(C)C)cc3C1=O)C2=O. The van der Waals surface area contributed by atoms with Crippen LogP contribution in [0.2, 0.25) is 0 Å². The molecule has 0 atom stereocenters. The van der Waals surface area contributed by atoms with Crippen molar-refractivity contribution >= 4 is 23.1 Å². The third kappa shape index (κ3) is 3.58. The number of ketones is 3. The minimum absolute atomic E-state index is 0.0389. The summed E-state index contributed by atoms with van der Waals surface area (Å²) in [6.45, 7) is 8.08. The van der Waals surface area contributed by atoms with Gasteiger partial charge in [-0.15, -0.1) is 0 Å². The van der Waals surface area contributed by atoms with Crippen molar-refractivity contribution in [1.82, 2.24) is 0 Å². The van der Waals surface area contributed by atoms with E-state index in [2.05, 4.69) is 20.8 Å². The van der Waals surface area contributed by atoms with Crippen LogP contribution in [0.5, 0.6) is 0 Å². The van der Waals surface area contributed by atoms with Gasteiger partial charge < -0.3 is 5.11 Å². The monoisotopic (exact) mass is 424 g/mol. The van der Waals surface area contributed by atoms with Gasteiger partial charge in [-0.25, -0.2) is 0 Å². The van der Waals surface area contributed by atoms with Gasteiger partial charge in [-0.1, -0.05) is 62.8 Å². The predicted octanol–water partition coefficient (Wildman–Crippen LogP) is 5.88. The van der Waals surface area contributed by atoms with Crippen LogP contribution in [0.25, 0.3) is 5.76 Å². The molecule has 0 spiro atoms. The van der Waals surface area contributed by atoms with Crippen molar-refractivity contribution in [2.75, 3.05) is 0 Å². The summed E-state index contributed by atoms with van der Waals surface area (Å²) in [4.78, 5) is 37.9. The Morgan fingerprint density at radius 3 is 2.12 bits per heavy atom. The van der Waals surface area contributed by atoms with Crippen molar-refractivity contribution in [3.8, 4) is 0 Å². The Hall–Kier alpha value is -3.79. The minimum atomic E-state index is -0.281. The van der Waals surface area contributed by atoms with Gasteiger partial charge in [0.25, 0.3) is 0 Å². The molecule has 0 aromatic heterocycles. The number of hydrogen-bond acceptors (Lipinski definition) is 4. The third-order valence-corrected chi connectivity index (χ3v) is 5.79. The molecule has 4 heteroatoms. The Bertz CT molecular complexity index is 1310. The van der Waals surface area contributed by atoms with Gasteiger partial charge in [0.05, 0.1) is 11.1 Å². The Morgan fingerprint density at radius 2 is 1.41 bits per heavy atom. The molecule has 2 aliphatic rings. The van der Waals surface area contributed by atoms with Crippen LogP contribution >= 0.6 is 0 Å². The highest BCUT2D eigenvalue weighted by Gasteiger charge is 2.33. The molecule has 0 bridgehead atoms. The van der Waals surface area contributed by atoms with Crippen molar-refractivity contribution < 1.29 is 19.5 Å². The predicted molar refractivity (Wildman–Crippen MR) is 125 cm³/mol. The lowest BCUT2D eigenvalue weighted by molar-refractivity contribution is 0.0986. The molecule has 2 aliphatic carbocycles. The maximum atomic E-state index is 12.8. The molecule has 2 aromatic carbocycles. The van der Waals surface area contributed by atoms with E-state index in [0.717, 1.165) is 11.1 Å². The first-order valence-electron chi connectivity index (χ1n) is 10.5. The molecule has 0 saturated heterocycles. The summed E-state index contributed by atoms with van der Waals surface area (Å²) in [5.41, 5.74) is 4.07. The second kappa shape index (κ2) is 7.72. The van der Waals surface area contributed by atoms with Crippen LogP contribution in [0.15, 0.2) is 77.9 Å². The van der Waals surface area contributed by atoms with E-state index in [4.69, 9.17) is 0 Å². The molecule has 0 aliphatic heterocycles. The van der Waals surface area contributed by atoms with E-state index in [0.29, 0.717) is 22.3 Å². The number of carbonyl (C=O) groups excluding carboxylic acids is 3. The molecule has 0 fully saturated rings. The number of rotatable bonds is 3. The zero-order valence-electron chi connectivity index (χ0n) is 18.5. The van der Waals surface area contributed by atoms with Gasteiger partial charge in [0.1, 0.15) is 5.76 Å². The quantitative estimate of drug-likeness (QED) is 0.380. The Labute approximate surface area is 187 Å². The molecule has 0 radical (unpaired) electrons. The lowest BCUT2D eigenvalue weighted by Gasteiger charge is -2.19. The molecule has 0 unspecified atom stereocenters. The van der Waals surface area contributed by atoms with Gasteiger partial charge in [-0.3, -0.25) is 14.4 Å². The molecule has 32 heavy (non-hydrogen) atoms. The lowest BCUT2D eigenvalue weighted by Crippen LogP contribution is -2.12. The number of benzene rings is 2. The second-order valence-electron chi connectivity index (χ2n) is 9.13. The van der Waals surface area contributed by atoms with E-state index in [1.807, 2.05) is 19.1 Å². The van der Waals surface area contributed by atoms with Crippen molar-refractivity contribution in [2.45, 2.75) is 33.1 Å². The standard InChI is InChI=1S/C28H24O4/c1-16-10-12-18-22(14-16)26(31)20(24(18)29)8-6-5-7-9-21-25(30)19-13-11-17(28(2,3)4)15-23(19)27(21)32/h5-15,31H,1-4H3. The molecule has 0 saturated carbocycles. The van der Waals surface area contributed by atoms with E-state index >= 15 is 0 Å². The maximum absolute atomic E-state index is 12.8. The van der Waals surface area contributed by atoms with E-state index in [9.17, 15) is 19.5 Å². The first-order chi connectivity index (χ1) is 15.1. The average molecular weight is 424 g/mol. The summed E-state index contributed by atoms with van der Waals surface area (Å²) >= 11 is 0. The number of allylic oxidation sites excluding steroid dienone is 7. The smallest absolute Gasteiger partial charge is 0.197 e. The highest BCUT2D eigenvalue weighted by atomic mass is 16.3. The van der Waals surface area contributed by atoms with E-state index in [-0.39, 0.29) is 39.7 Å². The normalized spacial score (nSPS) is 17.4. The molecular formula is C28H24O4.